The van der Waals surface area contributed by atoms with Gasteiger partial charge in [-0.2, -0.15) is 0 Å². The molecule has 2 rings (SSSR count). The second kappa shape index (κ2) is 6.13. The van der Waals surface area contributed by atoms with E-state index in [0.29, 0.717) is 12.5 Å². The van der Waals surface area contributed by atoms with E-state index in [0.717, 1.165) is 38.1 Å². The van der Waals surface area contributed by atoms with Crippen molar-refractivity contribution in [1.82, 2.24) is 5.32 Å². The SMILES string of the molecule is CN(CC1CCNCC1)c1c(F)cc([N+](=O)[O-])cc1F. The Bertz CT molecular complexity index is 481. The lowest BCUT2D eigenvalue weighted by Crippen LogP contribution is -2.35. The molecule has 1 saturated heterocycles. The van der Waals surface area contributed by atoms with Crippen molar-refractivity contribution >= 4 is 11.4 Å². The van der Waals surface area contributed by atoms with Crippen molar-refractivity contribution in [3.05, 3.63) is 33.9 Å². The third-order valence-electron chi connectivity index (χ3n) is 3.58. The summed E-state index contributed by atoms with van der Waals surface area (Å²) in [4.78, 5) is 11.3. The minimum atomic E-state index is -0.895. The molecule has 0 unspecified atom stereocenters. The summed E-state index contributed by atoms with van der Waals surface area (Å²) in [6.45, 7) is 2.35. The number of nitro benzene ring substituents is 1. The summed E-state index contributed by atoms with van der Waals surface area (Å²) < 4.78 is 27.8. The van der Waals surface area contributed by atoms with Gasteiger partial charge in [-0.25, -0.2) is 8.78 Å². The van der Waals surface area contributed by atoms with E-state index >= 15 is 0 Å². The first-order valence-corrected chi connectivity index (χ1v) is 6.54. The Balaban J connectivity index is 2.16. The molecule has 0 radical (unpaired) electrons. The zero-order chi connectivity index (χ0) is 14.7. The highest BCUT2D eigenvalue weighted by molar-refractivity contribution is 5.53. The van der Waals surface area contributed by atoms with Gasteiger partial charge in [-0.1, -0.05) is 0 Å². The second-order valence-corrected chi connectivity index (χ2v) is 5.09. The molecule has 0 amide bonds. The van der Waals surface area contributed by atoms with Gasteiger partial charge < -0.3 is 10.2 Å². The fourth-order valence-electron chi connectivity index (χ4n) is 2.57. The van der Waals surface area contributed by atoms with E-state index < -0.39 is 22.2 Å². The highest BCUT2D eigenvalue weighted by atomic mass is 19.1. The van der Waals surface area contributed by atoms with Crippen LogP contribution in [-0.2, 0) is 0 Å². The molecule has 1 aliphatic heterocycles. The highest BCUT2D eigenvalue weighted by Crippen LogP contribution is 2.28. The lowest BCUT2D eigenvalue weighted by atomic mass is 9.97. The third-order valence-corrected chi connectivity index (χ3v) is 3.58. The highest BCUT2D eigenvalue weighted by Gasteiger charge is 2.22. The van der Waals surface area contributed by atoms with Crippen LogP contribution in [0.3, 0.4) is 0 Å². The van der Waals surface area contributed by atoms with E-state index in [-0.39, 0.29) is 5.69 Å². The number of nitrogens with one attached hydrogen (secondary N) is 1. The summed E-state index contributed by atoms with van der Waals surface area (Å²) in [7, 11) is 1.61. The molecule has 1 aromatic rings. The molecule has 1 aromatic carbocycles. The second-order valence-electron chi connectivity index (χ2n) is 5.09. The minimum absolute atomic E-state index is 0.200. The summed E-state index contributed by atoms with van der Waals surface area (Å²) in [5.41, 5.74) is -0.770. The van der Waals surface area contributed by atoms with Gasteiger partial charge in [-0.3, -0.25) is 10.1 Å². The number of non-ortho nitro benzene ring substituents is 1. The maximum atomic E-state index is 13.9. The zero-order valence-electron chi connectivity index (χ0n) is 11.2. The van der Waals surface area contributed by atoms with Gasteiger partial charge in [-0.05, 0) is 31.8 Å². The van der Waals surface area contributed by atoms with Crippen LogP contribution in [0.1, 0.15) is 12.8 Å². The number of anilines is 1. The van der Waals surface area contributed by atoms with Crippen molar-refractivity contribution in [2.45, 2.75) is 12.8 Å². The lowest BCUT2D eigenvalue weighted by molar-refractivity contribution is -0.385. The zero-order valence-corrected chi connectivity index (χ0v) is 11.2. The fraction of sp³-hybridized carbons (Fsp3) is 0.538. The van der Waals surface area contributed by atoms with Crippen LogP contribution < -0.4 is 10.2 Å². The van der Waals surface area contributed by atoms with E-state index in [9.17, 15) is 18.9 Å². The fourth-order valence-corrected chi connectivity index (χ4v) is 2.57. The largest absolute Gasteiger partial charge is 0.370 e. The molecule has 0 aromatic heterocycles. The van der Waals surface area contributed by atoms with Crippen molar-refractivity contribution in [2.24, 2.45) is 5.92 Å². The third kappa shape index (κ3) is 3.22. The van der Waals surface area contributed by atoms with Crippen molar-refractivity contribution in [2.75, 3.05) is 31.6 Å². The minimum Gasteiger partial charge on any atom is -0.370 e. The number of benzene rings is 1. The van der Waals surface area contributed by atoms with Gasteiger partial charge in [0.15, 0.2) is 11.6 Å². The van der Waals surface area contributed by atoms with Gasteiger partial charge >= 0.3 is 0 Å². The summed E-state index contributed by atoms with van der Waals surface area (Å²) in [6, 6.07) is 1.52. The van der Waals surface area contributed by atoms with Crippen LogP contribution in [0.4, 0.5) is 20.2 Å². The molecule has 0 atom stereocenters. The molecule has 0 saturated carbocycles. The van der Waals surface area contributed by atoms with Gasteiger partial charge in [0.05, 0.1) is 17.1 Å². The van der Waals surface area contributed by atoms with Crippen molar-refractivity contribution in [1.29, 1.82) is 0 Å². The number of halogens is 2. The smallest absolute Gasteiger partial charge is 0.275 e. The molecular weight excluding hydrogens is 268 g/mol. The number of nitrogens with zero attached hydrogens (tertiary/aromatic N) is 2. The molecule has 7 heteroatoms. The summed E-state index contributed by atoms with van der Waals surface area (Å²) in [5, 5.41) is 13.8. The van der Waals surface area contributed by atoms with Crippen LogP contribution in [0, 0.1) is 27.7 Å². The molecule has 1 aliphatic rings. The molecule has 110 valence electrons. The van der Waals surface area contributed by atoms with Crippen molar-refractivity contribution in [3.8, 4) is 0 Å². The van der Waals surface area contributed by atoms with Crippen LogP contribution in [0.25, 0.3) is 0 Å². The average Bonchev–Trinajstić information content (AvgIpc) is 2.38. The van der Waals surface area contributed by atoms with E-state index in [1.807, 2.05) is 0 Å². The first kappa shape index (κ1) is 14.6. The molecule has 0 aliphatic carbocycles. The monoisotopic (exact) mass is 285 g/mol. The average molecular weight is 285 g/mol. The van der Waals surface area contributed by atoms with E-state index in [1.54, 1.807) is 7.05 Å². The van der Waals surface area contributed by atoms with E-state index in [4.69, 9.17) is 0 Å². The van der Waals surface area contributed by atoms with Crippen LogP contribution in [0.2, 0.25) is 0 Å². The summed E-state index contributed by atoms with van der Waals surface area (Å²) in [6.07, 6.45) is 1.92. The normalized spacial score (nSPS) is 16.1. The molecule has 5 nitrogen and oxygen atoms in total. The number of hydrogen-bond acceptors (Lipinski definition) is 4. The molecule has 1 N–H and O–H groups in total. The Hall–Kier alpha value is -1.76. The topological polar surface area (TPSA) is 58.4 Å². The van der Waals surface area contributed by atoms with Gasteiger partial charge in [0.1, 0.15) is 5.69 Å². The predicted octanol–water partition coefficient (Wildman–Crippen LogP) is 2.31. The molecule has 0 bridgehead atoms. The molecular formula is C13H17F2N3O2. The Morgan fingerprint density at radius 1 is 1.35 bits per heavy atom. The summed E-state index contributed by atoms with van der Waals surface area (Å²) in [5.74, 6) is -1.42. The standard InChI is InChI=1S/C13H17F2N3O2/c1-17(8-9-2-4-16-5-3-9)13-11(14)6-10(18(19)20)7-12(13)15/h6-7,9,16H,2-5,8H2,1H3. The Kier molecular flexibility index (Phi) is 4.49. The van der Waals surface area contributed by atoms with Gasteiger partial charge in [0.2, 0.25) is 0 Å². The number of nitro groups is 1. The number of piperidine rings is 1. The van der Waals surface area contributed by atoms with Gasteiger partial charge in [0, 0.05) is 13.6 Å². The molecule has 0 spiro atoms. The number of hydrogen-bond donors (Lipinski definition) is 1. The molecule has 1 fully saturated rings. The van der Waals surface area contributed by atoms with E-state index in [1.165, 1.54) is 4.90 Å². The van der Waals surface area contributed by atoms with Crippen LogP contribution in [0.5, 0.6) is 0 Å². The summed E-state index contributed by atoms with van der Waals surface area (Å²) >= 11 is 0. The van der Waals surface area contributed by atoms with Gasteiger partial charge in [0.25, 0.3) is 5.69 Å². The van der Waals surface area contributed by atoms with Crippen LogP contribution in [0.15, 0.2) is 12.1 Å². The van der Waals surface area contributed by atoms with E-state index in [2.05, 4.69) is 5.32 Å². The molecule has 1 heterocycles. The Labute approximate surface area is 115 Å². The lowest BCUT2D eigenvalue weighted by Gasteiger charge is -2.29. The van der Waals surface area contributed by atoms with Crippen LogP contribution >= 0.6 is 0 Å². The number of rotatable bonds is 4. The van der Waals surface area contributed by atoms with Crippen molar-refractivity contribution < 1.29 is 13.7 Å². The van der Waals surface area contributed by atoms with Crippen LogP contribution in [-0.4, -0.2) is 31.6 Å². The Morgan fingerprint density at radius 3 is 2.40 bits per heavy atom. The first-order valence-electron chi connectivity index (χ1n) is 6.54. The Morgan fingerprint density at radius 2 is 1.90 bits per heavy atom. The maximum absolute atomic E-state index is 13.9. The molecule has 20 heavy (non-hydrogen) atoms. The predicted molar refractivity (Wildman–Crippen MR) is 71.9 cm³/mol. The quantitative estimate of drug-likeness (QED) is 0.681. The first-order chi connectivity index (χ1) is 9.49. The van der Waals surface area contributed by atoms with Gasteiger partial charge in [-0.15, -0.1) is 0 Å². The maximum Gasteiger partial charge on any atom is 0.275 e. The van der Waals surface area contributed by atoms with Crippen molar-refractivity contribution in [3.63, 3.8) is 0 Å².